The number of anilines is 1. The number of piperidine rings is 1. The van der Waals surface area contributed by atoms with Crippen LogP contribution in [0.5, 0.6) is 0 Å². The van der Waals surface area contributed by atoms with E-state index in [9.17, 15) is 14.4 Å². The highest BCUT2D eigenvalue weighted by Gasteiger charge is 2.31. The fourth-order valence-corrected chi connectivity index (χ4v) is 2.60. The number of hydrogen-bond acceptors (Lipinski definition) is 4. The number of primary amides is 1. The molecule has 0 saturated carbocycles. The number of nitrogens with zero attached hydrogens (tertiary/aromatic N) is 2. The fourth-order valence-electron chi connectivity index (χ4n) is 2.60. The third-order valence-corrected chi connectivity index (χ3v) is 3.92. The van der Waals surface area contributed by atoms with Crippen molar-refractivity contribution in [1.82, 2.24) is 9.47 Å². The summed E-state index contributed by atoms with van der Waals surface area (Å²) >= 11 is 0. The minimum absolute atomic E-state index is 0.0323. The largest absolute Gasteiger partial charge is 0.398 e. The highest BCUT2D eigenvalue weighted by Crippen LogP contribution is 2.22. The Balaban J connectivity index is 2.13. The molecule has 0 aromatic carbocycles. The molecule has 1 aromatic heterocycles. The molecule has 2 heterocycles. The van der Waals surface area contributed by atoms with E-state index in [0.717, 1.165) is 6.42 Å². The van der Waals surface area contributed by atoms with Gasteiger partial charge < -0.3 is 20.9 Å². The molecule has 0 bridgehead atoms. The van der Waals surface area contributed by atoms with E-state index in [1.165, 1.54) is 22.9 Å². The van der Waals surface area contributed by atoms with Crippen LogP contribution in [0.25, 0.3) is 0 Å². The summed E-state index contributed by atoms with van der Waals surface area (Å²) in [4.78, 5) is 37.0. The minimum atomic E-state index is -0.388. The van der Waals surface area contributed by atoms with Crippen LogP contribution in [0.3, 0.4) is 0 Å². The molecule has 0 spiro atoms. The summed E-state index contributed by atoms with van der Waals surface area (Å²) in [6, 6.07) is 2.86. The zero-order valence-electron chi connectivity index (χ0n) is 12.0. The van der Waals surface area contributed by atoms with Gasteiger partial charge in [0.15, 0.2) is 0 Å². The molecule has 2 atom stereocenters. The van der Waals surface area contributed by atoms with E-state index >= 15 is 0 Å². The molecule has 7 nitrogen and oxygen atoms in total. The van der Waals surface area contributed by atoms with Crippen LogP contribution in [-0.2, 0) is 16.1 Å². The van der Waals surface area contributed by atoms with Gasteiger partial charge in [0.2, 0.25) is 11.8 Å². The smallest absolute Gasteiger partial charge is 0.251 e. The molecule has 2 rings (SSSR count). The second-order valence-corrected chi connectivity index (χ2v) is 5.50. The van der Waals surface area contributed by atoms with Crippen molar-refractivity contribution in [3.05, 3.63) is 28.7 Å². The molecule has 1 aromatic rings. The van der Waals surface area contributed by atoms with Gasteiger partial charge in [-0.1, -0.05) is 0 Å². The van der Waals surface area contributed by atoms with Crippen LogP contribution in [0, 0.1) is 5.92 Å². The SMILES string of the molecule is CC1CCC(C(N)=O)CN1C(=O)Cn1cc(N)ccc1=O. The van der Waals surface area contributed by atoms with Crippen molar-refractivity contribution in [2.45, 2.75) is 32.4 Å². The topological polar surface area (TPSA) is 111 Å². The van der Waals surface area contributed by atoms with Gasteiger partial charge in [-0.05, 0) is 25.8 Å². The molecule has 0 radical (unpaired) electrons. The maximum Gasteiger partial charge on any atom is 0.251 e. The van der Waals surface area contributed by atoms with Crippen molar-refractivity contribution in [3.8, 4) is 0 Å². The third-order valence-electron chi connectivity index (χ3n) is 3.92. The first-order valence-corrected chi connectivity index (χ1v) is 6.93. The summed E-state index contributed by atoms with van der Waals surface area (Å²) in [6.07, 6.45) is 2.87. The Labute approximate surface area is 122 Å². The first kappa shape index (κ1) is 15.1. The van der Waals surface area contributed by atoms with Gasteiger partial charge in [-0.3, -0.25) is 14.4 Å². The van der Waals surface area contributed by atoms with Crippen molar-refractivity contribution < 1.29 is 9.59 Å². The highest BCUT2D eigenvalue weighted by molar-refractivity contribution is 5.80. The first-order chi connectivity index (χ1) is 9.88. The van der Waals surface area contributed by atoms with Crippen molar-refractivity contribution in [3.63, 3.8) is 0 Å². The van der Waals surface area contributed by atoms with Gasteiger partial charge in [0.25, 0.3) is 5.56 Å². The van der Waals surface area contributed by atoms with E-state index in [0.29, 0.717) is 18.7 Å². The Morgan fingerprint density at radius 3 is 2.71 bits per heavy atom. The molecule has 1 aliphatic rings. The van der Waals surface area contributed by atoms with Crippen LogP contribution >= 0.6 is 0 Å². The molecule has 114 valence electrons. The van der Waals surface area contributed by atoms with E-state index in [1.54, 1.807) is 4.90 Å². The number of likely N-dealkylation sites (tertiary alicyclic amines) is 1. The number of aromatic nitrogens is 1. The van der Waals surface area contributed by atoms with Crippen molar-refractivity contribution in [2.24, 2.45) is 11.7 Å². The standard InChI is InChI=1S/C14H20N4O3/c1-9-2-3-10(14(16)21)6-18(9)13(20)8-17-7-11(15)4-5-12(17)19/h4-5,7,9-10H,2-3,6,8,15H2,1H3,(H2,16,21). The molecule has 7 heteroatoms. The average molecular weight is 292 g/mol. The van der Waals surface area contributed by atoms with Crippen LogP contribution in [0.2, 0.25) is 0 Å². The lowest BCUT2D eigenvalue weighted by molar-refractivity contribution is -0.138. The molecule has 0 aliphatic carbocycles. The van der Waals surface area contributed by atoms with Crippen molar-refractivity contribution in [2.75, 3.05) is 12.3 Å². The molecular formula is C14H20N4O3. The summed E-state index contributed by atoms with van der Waals surface area (Å²) in [6.45, 7) is 2.16. The number of carbonyl (C=O) groups excluding carboxylic acids is 2. The van der Waals surface area contributed by atoms with Gasteiger partial charge in [-0.15, -0.1) is 0 Å². The highest BCUT2D eigenvalue weighted by atomic mass is 16.2. The molecular weight excluding hydrogens is 272 g/mol. The Bertz CT molecular complexity index is 610. The zero-order chi connectivity index (χ0) is 15.6. The van der Waals surface area contributed by atoms with Crippen molar-refractivity contribution in [1.29, 1.82) is 0 Å². The number of carbonyl (C=O) groups is 2. The van der Waals surface area contributed by atoms with Crippen molar-refractivity contribution >= 4 is 17.5 Å². The van der Waals surface area contributed by atoms with Gasteiger partial charge in [0.05, 0.1) is 5.92 Å². The molecule has 4 N–H and O–H groups in total. The quantitative estimate of drug-likeness (QED) is 0.785. The lowest BCUT2D eigenvalue weighted by atomic mass is 9.93. The van der Waals surface area contributed by atoms with E-state index < -0.39 is 0 Å². The van der Waals surface area contributed by atoms with Gasteiger partial charge in [0, 0.05) is 30.5 Å². The number of hydrogen-bond donors (Lipinski definition) is 2. The van der Waals surface area contributed by atoms with E-state index in [-0.39, 0.29) is 35.9 Å². The number of nitrogens with two attached hydrogens (primary N) is 2. The van der Waals surface area contributed by atoms with Crippen LogP contribution in [-0.4, -0.2) is 33.9 Å². The molecule has 21 heavy (non-hydrogen) atoms. The average Bonchev–Trinajstić information content (AvgIpc) is 2.43. The Kier molecular flexibility index (Phi) is 4.30. The Hall–Kier alpha value is -2.31. The van der Waals surface area contributed by atoms with Crippen LogP contribution in [0.15, 0.2) is 23.1 Å². The number of amides is 2. The van der Waals surface area contributed by atoms with E-state index in [2.05, 4.69) is 0 Å². The number of nitrogen functional groups attached to an aromatic ring is 1. The molecule has 2 amide bonds. The maximum absolute atomic E-state index is 12.4. The predicted molar refractivity (Wildman–Crippen MR) is 78.2 cm³/mol. The summed E-state index contributed by atoms with van der Waals surface area (Å²) in [7, 11) is 0. The lowest BCUT2D eigenvalue weighted by Crippen LogP contribution is -2.50. The van der Waals surface area contributed by atoms with Gasteiger partial charge >= 0.3 is 0 Å². The minimum Gasteiger partial charge on any atom is -0.398 e. The van der Waals surface area contributed by atoms with E-state index in [1.807, 2.05) is 6.92 Å². The lowest BCUT2D eigenvalue weighted by Gasteiger charge is -2.37. The monoisotopic (exact) mass is 292 g/mol. The van der Waals surface area contributed by atoms with Gasteiger partial charge in [0.1, 0.15) is 6.54 Å². The maximum atomic E-state index is 12.4. The zero-order valence-corrected chi connectivity index (χ0v) is 12.0. The second kappa shape index (κ2) is 5.99. The fraction of sp³-hybridized carbons (Fsp3) is 0.500. The molecule has 2 unspecified atom stereocenters. The van der Waals surface area contributed by atoms with Crippen LogP contribution in [0.4, 0.5) is 5.69 Å². The molecule has 1 saturated heterocycles. The normalized spacial score (nSPS) is 22.0. The summed E-state index contributed by atoms with van der Waals surface area (Å²) in [5, 5.41) is 0. The van der Waals surface area contributed by atoms with Gasteiger partial charge in [-0.2, -0.15) is 0 Å². The summed E-state index contributed by atoms with van der Waals surface area (Å²) < 4.78 is 1.28. The number of pyridine rings is 1. The van der Waals surface area contributed by atoms with Crippen LogP contribution < -0.4 is 17.0 Å². The summed E-state index contributed by atoms with van der Waals surface area (Å²) in [5.74, 6) is -0.912. The molecule has 1 aliphatic heterocycles. The Morgan fingerprint density at radius 1 is 1.33 bits per heavy atom. The van der Waals surface area contributed by atoms with E-state index in [4.69, 9.17) is 11.5 Å². The summed E-state index contributed by atoms with van der Waals surface area (Å²) in [5.41, 5.74) is 11.1. The number of rotatable bonds is 3. The first-order valence-electron chi connectivity index (χ1n) is 6.93. The van der Waals surface area contributed by atoms with Crippen LogP contribution in [0.1, 0.15) is 19.8 Å². The third kappa shape index (κ3) is 3.42. The molecule has 1 fully saturated rings. The van der Waals surface area contributed by atoms with Gasteiger partial charge in [-0.25, -0.2) is 0 Å². The second-order valence-electron chi connectivity index (χ2n) is 5.50. The predicted octanol–water partition coefficient (Wildman–Crippen LogP) is -0.457. The Morgan fingerprint density at radius 2 is 2.05 bits per heavy atom.